The summed E-state index contributed by atoms with van der Waals surface area (Å²) in [5, 5.41) is 5.55. The first kappa shape index (κ1) is 17.2. The fourth-order valence-electron chi connectivity index (χ4n) is 3.01. The van der Waals surface area contributed by atoms with E-state index in [1.54, 1.807) is 18.2 Å². The average molecular weight is 376 g/mol. The summed E-state index contributed by atoms with van der Waals surface area (Å²) in [6, 6.07) is 19.1. The summed E-state index contributed by atoms with van der Waals surface area (Å²) >= 11 is 1.33. The van der Waals surface area contributed by atoms with E-state index in [9.17, 15) is 9.59 Å². The van der Waals surface area contributed by atoms with Gasteiger partial charge in [0.2, 0.25) is 5.91 Å². The molecule has 0 aliphatic carbocycles. The Kier molecular flexibility index (Phi) is 4.56. The Morgan fingerprint density at radius 2 is 1.89 bits per heavy atom. The molecule has 0 bridgehead atoms. The molecule has 134 valence electrons. The first-order chi connectivity index (χ1) is 13.1. The molecule has 4 rings (SSSR count). The van der Waals surface area contributed by atoms with Gasteiger partial charge in [0, 0.05) is 0 Å². The summed E-state index contributed by atoms with van der Waals surface area (Å²) < 4.78 is 5.55. The van der Waals surface area contributed by atoms with Crippen LogP contribution < -0.4 is 5.32 Å². The molecule has 1 amide bonds. The van der Waals surface area contributed by atoms with E-state index < -0.39 is 5.97 Å². The van der Waals surface area contributed by atoms with E-state index in [2.05, 4.69) is 10.3 Å². The Labute approximate surface area is 159 Å². The fraction of sp³-hybridized carbons (Fsp3) is 0.0952. The number of amides is 1. The van der Waals surface area contributed by atoms with Crippen molar-refractivity contribution in [2.45, 2.75) is 6.42 Å². The summed E-state index contributed by atoms with van der Waals surface area (Å²) in [4.78, 5) is 28.6. The van der Waals surface area contributed by atoms with Crippen molar-refractivity contribution in [3.8, 4) is 0 Å². The van der Waals surface area contributed by atoms with Gasteiger partial charge in [-0.3, -0.25) is 4.79 Å². The number of aromatic nitrogens is 1. The molecule has 0 unspecified atom stereocenters. The molecule has 1 N–H and O–H groups in total. The molecule has 0 aliphatic rings. The van der Waals surface area contributed by atoms with Gasteiger partial charge in [-0.15, -0.1) is 0 Å². The molecule has 3 aromatic carbocycles. The molecule has 1 aromatic heterocycles. The minimum Gasteiger partial charge on any atom is -0.465 e. The number of thiazole rings is 1. The lowest BCUT2D eigenvalue weighted by Crippen LogP contribution is -2.14. The zero-order valence-corrected chi connectivity index (χ0v) is 15.4. The van der Waals surface area contributed by atoms with Crippen LogP contribution in [0.1, 0.15) is 15.9 Å². The van der Waals surface area contributed by atoms with E-state index in [0.29, 0.717) is 10.7 Å². The molecule has 27 heavy (non-hydrogen) atoms. The van der Waals surface area contributed by atoms with E-state index in [4.69, 9.17) is 4.74 Å². The molecule has 0 atom stereocenters. The predicted molar refractivity (Wildman–Crippen MR) is 107 cm³/mol. The Morgan fingerprint density at radius 1 is 1.07 bits per heavy atom. The maximum Gasteiger partial charge on any atom is 0.337 e. The summed E-state index contributed by atoms with van der Waals surface area (Å²) in [5.41, 5.74) is 2.16. The van der Waals surface area contributed by atoms with Crippen molar-refractivity contribution in [3.05, 3.63) is 71.8 Å². The van der Waals surface area contributed by atoms with Crippen molar-refractivity contribution in [1.29, 1.82) is 0 Å². The lowest BCUT2D eigenvalue weighted by atomic mass is 10.0. The highest BCUT2D eigenvalue weighted by molar-refractivity contribution is 7.22. The summed E-state index contributed by atoms with van der Waals surface area (Å²) in [6.07, 6.45) is 0.269. The quantitative estimate of drug-likeness (QED) is 0.536. The molecule has 6 heteroatoms. The first-order valence-electron chi connectivity index (χ1n) is 8.39. The van der Waals surface area contributed by atoms with Crippen molar-refractivity contribution in [2.24, 2.45) is 0 Å². The molecular formula is C21H16N2O3S. The third kappa shape index (κ3) is 3.52. The van der Waals surface area contributed by atoms with Crippen LogP contribution in [0.3, 0.4) is 0 Å². The number of rotatable bonds is 4. The van der Waals surface area contributed by atoms with Crippen LogP contribution in [-0.4, -0.2) is 24.0 Å². The number of nitrogens with one attached hydrogen (secondary N) is 1. The summed E-state index contributed by atoms with van der Waals surface area (Å²) in [5.74, 6) is -0.523. The van der Waals surface area contributed by atoms with Crippen molar-refractivity contribution in [1.82, 2.24) is 4.98 Å². The number of methoxy groups -OCH3 is 1. The number of carbonyl (C=O) groups excluding carboxylic acids is 2. The van der Waals surface area contributed by atoms with Crippen molar-refractivity contribution >= 4 is 49.3 Å². The predicted octanol–water partition coefficient (Wildman–Crippen LogP) is 4.42. The maximum atomic E-state index is 12.5. The van der Waals surface area contributed by atoms with Crippen LogP contribution in [0.25, 0.3) is 21.0 Å². The number of hydrogen-bond donors (Lipinski definition) is 1. The number of hydrogen-bond acceptors (Lipinski definition) is 5. The smallest absolute Gasteiger partial charge is 0.337 e. The van der Waals surface area contributed by atoms with Crippen LogP contribution in [0.15, 0.2) is 60.7 Å². The second kappa shape index (κ2) is 7.17. The van der Waals surface area contributed by atoms with Crippen LogP contribution in [-0.2, 0) is 16.0 Å². The van der Waals surface area contributed by atoms with Gasteiger partial charge in [0.25, 0.3) is 0 Å². The highest BCUT2D eigenvalue weighted by atomic mass is 32.1. The number of esters is 1. The van der Waals surface area contributed by atoms with Gasteiger partial charge >= 0.3 is 5.97 Å². The standard InChI is InChI=1S/C21H16N2O3S/c1-26-20(25)15-9-10-17-18(11-15)27-21(22-17)23-19(24)12-14-7-4-6-13-5-2-3-8-16(13)14/h2-11H,12H2,1H3,(H,22,23,24). The fourth-order valence-corrected chi connectivity index (χ4v) is 3.93. The normalized spacial score (nSPS) is 10.9. The number of nitrogens with zero attached hydrogens (tertiary/aromatic N) is 1. The van der Waals surface area contributed by atoms with Gasteiger partial charge in [-0.1, -0.05) is 53.8 Å². The van der Waals surface area contributed by atoms with Gasteiger partial charge in [0.15, 0.2) is 5.13 Å². The lowest BCUT2D eigenvalue weighted by molar-refractivity contribution is -0.115. The first-order valence-corrected chi connectivity index (χ1v) is 9.21. The van der Waals surface area contributed by atoms with E-state index in [1.165, 1.54) is 18.4 Å². The second-order valence-corrected chi connectivity index (χ2v) is 7.09. The van der Waals surface area contributed by atoms with E-state index >= 15 is 0 Å². The van der Waals surface area contributed by atoms with Crippen LogP contribution in [0.2, 0.25) is 0 Å². The molecule has 0 fully saturated rings. The van der Waals surface area contributed by atoms with Gasteiger partial charge < -0.3 is 10.1 Å². The number of anilines is 1. The summed E-state index contributed by atoms with van der Waals surface area (Å²) in [6.45, 7) is 0. The Hall–Kier alpha value is -3.25. The monoisotopic (exact) mass is 376 g/mol. The number of ether oxygens (including phenoxy) is 1. The van der Waals surface area contributed by atoms with Crippen LogP contribution >= 0.6 is 11.3 Å². The van der Waals surface area contributed by atoms with Crippen molar-refractivity contribution < 1.29 is 14.3 Å². The molecular weight excluding hydrogens is 360 g/mol. The Morgan fingerprint density at radius 3 is 2.74 bits per heavy atom. The molecule has 1 heterocycles. The highest BCUT2D eigenvalue weighted by Gasteiger charge is 2.12. The van der Waals surface area contributed by atoms with Crippen molar-refractivity contribution in [2.75, 3.05) is 12.4 Å². The molecule has 0 spiro atoms. The number of benzene rings is 3. The van der Waals surface area contributed by atoms with Gasteiger partial charge in [-0.05, 0) is 34.5 Å². The molecule has 0 saturated carbocycles. The van der Waals surface area contributed by atoms with Crippen molar-refractivity contribution in [3.63, 3.8) is 0 Å². The third-order valence-corrected chi connectivity index (χ3v) is 5.22. The van der Waals surface area contributed by atoms with Crippen LogP contribution in [0.4, 0.5) is 5.13 Å². The minimum atomic E-state index is -0.396. The SMILES string of the molecule is COC(=O)c1ccc2nc(NC(=O)Cc3cccc4ccccc34)sc2c1. The molecule has 0 radical (unpaired) electrons. The van der Waals surface area contributed by atoms with E-state index in [-0.39, 0.29) is 12.3 Å². The van der Waals surface area contributed by atoms with Gasteiger partial charge in [0.05, 0.1) is 29.3 Å². The van der Waals surface area contributed by atoms with Gasteiger partial charge in [0.1, 0.15) is 0 Å². The number of fused-ring (bicyclic) bond motifs is 2. The van der Waals surface area contributed by atoms with Gasteiger partial charge in [-0.2, -0.15) is 0 Å². The van der Waals surface area contributed by atoms with Crippen LogP contribution in [0.5, 0.6) is 0 Å². The highest BCUT2D eigenvalue weighted by Crippen LogP contribution is 2.27. The topological polar surface area (TPSA) is 68.3 Å². The third-order valence-electron chi connectivity index (χ3n) is 4.29. The van der Waals surface area contributed by atoms with E-state index in [0.717, 1.165) is 26.6 Å². The van der Waals surface area contributed by atoms with E-state index in [1.807, 2.05) is 42.5 Å². The largest absolute Gasteiger partial charge is 0.465 e. The molecule has 0 saturated heterocycles. The zero-order valence-electron chi connectivity index (χ0n) is 14.6. The summed E-state index contributed by atoms with van der Waals surface area (Å²) in [7, 11) is 1.35. The van der Waals surface area contributed by atoms with Crippen LogP contribution in [0, 0.1) is 0 Å². The zero-order chi connectivity index (χ0) is 18.8. The Bertz CT molecular complexity index is 1160. The Balaban J connectivity index is 1.54. The lowest BCUT2D eigenvalue weighted by Gasteiger charge is -2.06. The second-order valence-electron chi connectivity index (χ2n) is 6.06. The molecule has 5 nitrogen and oxygen atoms in total. The number of carbonyl (C=O) groups is 2. The maximum absolute atomic E-state index is 12.5. The average Bonchev–Trinajstić information content (AvgIpc) is 3.08. The van der Waals surface area contributed by atoms with Gasteiger partial charge in [-0.25, -0.2) is 9.78 Å². The minimum absolute atomic E-state index is 0.126. The molecule has 0 aliphatic heterocycles. The molecule has 4 aromatic rings.